The molecule has 1 aliphatic heterocycles. The average Bonchev–Trinajstić information content (AvgIpc) is 2.54. The summed E-state index contributed by atoms with van der Waals surface area (Å²) in [6.07, 6.45) is 1.77. The van der Waals surface area contributed by atoms with Gasteiger partial charge in [-0.3, -0.25) is 4.79 Å². The normalized spacial score (nSPS) is 13.8. The highest BCUT2D eigenvalue weighted by Crippen LogP contribution is 2.29. The Morgan fingerprint density at radius 3 is 2.43 bits per heavy atom. The van der Waals surface area contributed by atoms with E-state index in [4.69, 9.17) is 0 Å². The minimum atomic E-state index is -0.143. The molecule has 100 valence electrons. The monoisotopic (exact) mass is 274 g/mol. The van der Waals surface area contributed by atoms with Crippen LogP contribution in [-0.2, 0) is 0 Å². The number of aliphatic hydroxyl groups is 1. The van der Waals surface area contributed by atoms with Crippen LogP contribution in [0.25, 0.3) is 22.4 Å². The fourth-order valence-corrected chi connectivity index (χ4v) is 2.85. The molecule has 0 bridgehead atoms. The molecule has 21 heavy (non-hydrogen) atoms. The van der Waals surface area contributed by atoms with Gasteiger partial charge in [0.15, 0.2) is 6.20 Å². The molecule has 0 radical (unpaired) electrons. The average molecular weight is 274 g/mol. The first kappa shape index (κ1) is 11.9. The molecule has 2 heterocycles. The standard InChI is InChI=1S/C18H11NO2/c20-17-14-10-4-8-13-9-5-11-19(16(13)14)18(21)15(17)12-6-2-1-3-7-12/h1-11H/p+1. The summed E-state index contributed by atoms with van der Waals surface area (Å²) in [5, 5.41) is 11.5. The first-order valence-electron chi connectivity index (χ1n) is 6.74. The zero-order valence-electron chi connectivity index (χ0n) is 11.2. The quantitative estimate of drug-likeness (QED) is 0.692. The third-order valence-corrected chi connectivity index (χ3v) is 3.81. The van der Waals surface area contributed by atoms with Gasteiger partial charge in [0.1, 0.15) is 5.57 Å². The molecule has 1 aromatic heterocycles. The predicted molar refractivity (Wildman–Crippen MR) is 80.7 cm³/mol. The molecule has 0 unspecified atom stereocenters. The molecule has 0 saturated heterocycles. The van der Waals surface area contributed by atoms with E-state index >= 15 is 0 Å². The Balaban J connectivity index is 2.11. The Morgan fingerprint density at radius 1 is 0.857 bits per heavy atom. The van der Waals surface area contributed by atoms with Crippen molar-refractivity contribution in [3.8, 4) is 0 Å². The number of aromatic nitrogens is 1. The van der Waals surface area contributed by atoms with Crippen LogP contribution in [0.2, 0.25) is 0 Å². The number of hydrogen-bond donors (Lipinski definition) is 1. The van der Waals surface area contributed by atoms with E-state index in [-0.39, 0.29) is 11.7 Å². The number of rotatable bonds is 1. The second-order valence-electron chi connectivity index (χ2n) is 5.02. The van der Waals surface area contributed by atoms with Crippen LogP contribution < -0.4 is 4.57 Å². The van der Waals surface area contributed by atoms with Crippen LogP contribution in [-0.4, -0.2) is 10.9 Å². The molecular weight excluding hydrogens is 262 g/mol. The summed E-state index contributed by atoms with van der Waals surface area (Å²) >= 11 is 0. The third kappa shape index (κ3) is 1.61. The number of ketones is 1. The maximum Gasteiger partial charge on any atom is 0.383 e. The molecule has 2 aromatic carbocycles. The van der Waals surface area contributed by atoms with Crippen molar-refractivity contribution in [1.82, 2.24) is 0 Å². The molecule has 3 heteroatoms. The van der Waals surface area contributed by atoms with Gasteiger partial charge in [0.2, 0.25) is 11.3 Å². The van der Waals surface area contributed by atoms with Crippen LogP contribution in [0.3, 0.4) is 0 Å². The van der Waals surface area contributed by atoms with E-state index in [2.05, 4.69) is 0 Å². The van der Waals surface area contributed by atoms with Gasteiger partial charge in [-0.15, -0.1) is 4.57 Å². The smallest absolute Gasteiger partial charge is 0.383 e. The van der Waals surface area contributed by atoms with Crippen molar-refractivity contribution < 1.29 is 14.5 Å². The Hall–Kier alpha value is -2.94. The maximum absolute atomic E-state index is 12.8. The summed E-state index contributed by atoms with van der Waals surface area (Å²) < 4.78 is 1.67. The van der Waals surface area contributed by atoms with Crippen molar-refractivity contribution in [1.29, 1.82) is 0 Å². The molecule has 0 amide bonds. The van der Waals surface area contributed by atoms with E-state index in [1.807, 2.05) is 54.6 Å². The van der Waals surface area contributed by atoms with Crippen molar-refractivity contribution >= 4 is 28.1 Å². The van der Waals surface area contributed by atoms with Gasteiger partial charge in [-0.2, -0.15) is 0 Å². The predicted octanol–water partition coefficient (Wildman–Crippen LogP) is 3.21. The van der Waals surface area contributed by atoms with Crippen molar-refractivity contribution in [2.75, 3.05) is 0 Å². The van der Waals surface area contributed by atoms with E-state index in [0.29, 0.717) is 11.1 Å². The summed E-state index contributed by atoms with van der Waals surface area (Å²) in [6.45, 7) is 0. The number of carbonyl (C=O) groups excluding carboxylic acids is 1. The van der Waals surface area contributed by atoms with E-state index in [9.17, 15) is 9.90 Å². The number of nitrogens with zero attached hydrogens (tertiary/aromatic N) is 1. The topological polar surface area (TPSA) is 41.2 Å². The first-order valence-corrected chi connectivity index (χ1v) is 6.74. The van der Waals surface area contributed by atoms with Gasteiger partial charge in [-0.05, 0) is 23.8 Å². The van der Waals surface area contributed by atoms with Gasteiger partial charge in [0.05, 0.1) is 5.56 Å². The van der Waals surface area contributed by atoms with Gasteiger partial charge in [0, 0.05) is 11.5 Å². The number of allylic oxidation sites excluding steroid dienone is 1. The summed E-state index contributed by atoms with van der Waals surface area (Å²) in [6, 6.07) is 18.7. The maximum atomic E-state index is 12.8. The van der Waals surface area contributed by atoms with Crippen molar-refractivity contribution in [3.05, 3.63) is 78.0 Å². The number of hydrogen-bond acceptors (Lipinski definition) is 2. The number of Topliss-reactive ketones (excluding diaryl/α,β-unsaturated/α-hetero) is 1. The summed E-state index contributed by atoms with van der Waals surface area (Å²) in [7, 11) is 0. The Kier molecular flexibility index (Phi) is 2.42. The van der Waals surface area contributed by atoms with Gasteiger partial charge in [-0.1, -0.05) is 36.4 Å². The van der Waals surface area contributed by atoms with Crippen LogP contribution in [0.15, 0.2) is 66.9 Å². The van der Waals surface area contributed by atoms with Gasteiger partial charge < -0.3 is 5.11 Å². The second kappa shape index (κ2) is 4.28. The van der Waals surface area contributed by atoms with Crippen molar-refractivity contribution in [2.45, 2.75) is 0 Å². The molecule has 3 aromatic rings. The Morgan fingerprint density at radius 2 is 1.62 bits per heavy atom. The van der Waals surface area contributed by atoms with Crippen LogP contribution in [0.5, 0.6) is 0 Å². The number of benzene rings is 2. The molecule has 0 atom stereocenters. The second-order valence-corrected chi connectivity index (χ2v) is 5.02. The van der Waals surface area contributed by atoms with Gasteiger partial charge in [0.25, 0.3) is 0 Å². The fourth-order valence-electron chi connectivity index (χ4n) is 2.85. The lowest BCUT2D eigenvalue weighted by atomic mass is 9.92. The number of pyridine rings is 1. The molecule has 4 rings (SSSR count). The molecule has 0 saturated carbocycles. The SMILES string of the molecule is O=C1C(c2ccccc2)=C(O)[n+]2cccc3cccc1c32. The number of carbonyl (C=O) groups is 1. The van der Waals surface area contributed by atoms with E-state index in [0.717, 1.165) is 16.5 Å². The first-order chi connectivity index (χ1) is 10.3. The Labute approximate surface area is 121 Å². The third-order valence-electron chi connectivity index (χ3n) is 3.81. The van der Waals surface area contributed by atoms with E-state index in [1.165, 1.54) is 0 Å². The lowest BCUT2D eigenvalue weighted by Gasteiger charge is -2.13. The molecule has 1 N–H and O–H groups in total. The molecule has 0 fully saturated rings. The molecule has 0 spiro atoms. The number of aliphatic hydroxyl groups excluding tert-OH is 1. The lowest BCUT2D eigenvalue weighted by molar-refractivity contribution is -0.571. The van der Waals surface area contributed by atoms with E-state index < -0.39 is 0 Å². The molecular formula is C18H12NO2+. The van der Waals surface area contributed by atoms with Gasteiger partial charge >= 0.3 is 5.88 Å². The highest BCUT2D eigenvalue weighted by Gasteiger charge is 2.35. The summed E-state index contributed by atoms with van der Waals surface area (Å²) in [5.74, 6) is -0.161. The fraction of sp³-hybridized carbons (Fsp3) is 0. The zero-order valence-corrected chi connectivity index (χ0v) is 11.2. The van der Waals surface area contributed by atoms with Crippen LogP contribution >= 0.6 is 0 Å². The van der Waals surface area contributed by atoms with Gasteiger partial charge in [-0.25, -0.2) is 0 Å². The minimum absolute atomic E-state index is 0.0181. The van der Waals surface area contributed by atoms with Crippen molar-refractivity contribution in [3.63, 3.8) is 0 Å². The minimum Gasteiger partial charge on any atom is -0.459 e. The number of para-hydroxylation sites is 1. The highest BCUT2D eigenvalue weighted by molar-refractivity contribution is 6.35. The molecule has 3 nitrogen and oxygen atoms in total. The summed E-state index contributed by atoms with van der Waals surface area (Å²) in [4.78, 5) is 12.8. The highest BCUT2D eigenvalue weighted by atomic mass is 16.3. The van der Waals surface area contributed by atoms with Crippen LogP contribution in [0.4, 0.5) is 0 Å². The lowest BCUT2D eigenvalue weighted by Crippen LogP contribution is -2.39. The molecule has 0 aliphatic carbocycles. The summed E-state index contributed by atoms with van der Waals surface area (Å²) in [5.41, 5.74) is 2.43. The van der Waals surface area contributed by atoms with Crippen LogP contribution in [0.1, 0.15) is 15.9 Å². The van der Waals surface area contributed by atoms with Crippen LogP contribution in [0, 0.1) is 0 Å². The Bertz CT molecular complexity index is 906. The zero-order chi connectivity index (χ0) is 14.4. The molecule has 1 aliphatic rings. The van der Waals surface area contributed by atoms with E-state index in [1.54, 1.807) is 16.8 Å². The largest absolute Gasteiger partial charge is 0.459 e. The van der Waals surface area contributed by atoms with Crippen molar-refractivity contribution in [2.24, 2.45) is 0 Å².